The number of carbonyl (C=O) groups excluding carboxylic acids is 1. The lowest BCUT2D eigenvalue weighted by Crippen LogP contribution is -3.00. The number of aliphatic hydroxyl groups is 8. The van der Waals surface area contributed by atoms with E-state index in [1.165, 1.54) is 385 Å². The second-order valence-electron chi connectivity index (χ2n) is 44.0. The van der Waals surface area contributed by atoms with E-state index in [9.17, 15) is 40.9 Å². The summed E-state index contributed by atoms with van der Waals surface area (Å²) in [6.07, 6.45) is 85.2. The summed E-state index contributed by atoms with van der Waals surface area (Å²) in [4.78, 5) is 16.6. The van der Waals surface area contributed by atoms with Crippen LogP contribution in [0.5, 0.6) is 0 Å². The molecule has 3 saturated heterocycles. The molecule has 0 aromatic carbocycles. The molecule has 138 heavy (non-hydrogen) atoms. The van der Waals surface area contributed by atoms with Gasteiger partial charge in [-0.25, -0.2) is 4.79 Å². The molecule has 3 aliphatic heterocycles. The molecule has 15 atom stereocenters. The molecular weight excluding hydrogens is 1860 g/mol. The van der Waals surface area contributed by atoms with Gasteiger partial charge in [0.05, 0.1) is 70.6 Å². The fourth-order valence-corrected chi connectivity index (χ4v) is 22.6. The molecule has 0 bridgehead atoms. The summed E-state index contributed by atoms with van der Waals surface area (Å²) in [6, 6.07) is -4.52. The number of rotatable bonds is 101. The highest BCUT2D eigenvalue weighted by molar-refractivity contribution is 5.71. The van der Waals surface area contributed by atoms with Gasteiger partial charge in [-0.1, -0.05) is 504 Å². The van der Waals surface area contributed by atoms with Gasteiger partial charge >= 0.3 is 11.8 Å². The summed E-state index contributed by atoms with van der Waals surface area (Å²) in [5.41, 5.74) is 18.2. The van der Waals surface area contributed by atoms with E-state index in [1.807, 2.05) is 0 Å². The molecule has 14 N–H and O–H groups in total. The van der Waals surface area contributed by atoms with Crippen molar-refractivity contribution in [1.82, 2.24) is 0 Å². The number of hydrogen-bond donors (Lipinski definition) is 11. The minimum Gasteiger partial charge on any atom is -1.00 e. The third-order valence-electron chi connectivity index (χ3n) is 31.8. The van der Waals surface area contributed by atoms with Gasteiger partial charge in [0, 0.05) is 0 Å². The molecule has 0 amide bonds. The van der Waals surface area contributed by atoms with E-state index in [0.717, 1.165) is 154 Å². The number of nitrogens with zero attached hydrogens (tertiary/aromatic N) is 2. The standard InChI is InChI=1S/C116H233N5O15.2BrH/c1-7-13-19-25-31-37-43-49-55-61-67-73-79-85-91-120(92-86-80-74-68-62-56-50-44-38-32-26-20-14-8-2,93-87-81-75-69-63-57-51-45-39-33-27-21-15-9-3)97-103(125)135-116(130)111(128)106(119)114(134-110-102(99-123)132-113(105(118)108(110)127)133-109-101(98-122)131-112(129)104(117)107(109)126)136-115(116,100-124)121(94-88-82-76-70-64-58-52-46-40-34-28-22-16-10-4,95-89-83-77-71-65-59-53-47-41-35-29-23-17-11-5)96-90-84-78-72-66-60-54-48-42-36-30-24-18-12-6;;/h101-102,104-114,122-124,126-130H,7-100,117-119H2,1-6H3;2*1H/q+2;;/p-2/t101-,102-,104-,105-,106-,107-,108-,109?,110?,111-,112-,113+,114+,115-,116+;;/m1../s1. The van der Waals surface area contributed by atoms with Gasteiger partial charge in [-0.15, -0.1) is 0 Å². The van der Waals surface area contributed by atoms with Crippen LogP contribution < -0.4 is 51.2 Å². The van der Waals surface area contributed by atoms with E-state index in [-0.39, 0.29) is 45.0 Å². The van der Waals surface area contributed by atoms with Crippen LogP contribution in [-0.4, -0.2) is 213 Å². The van der Waals surface area contributed by atoms with Crippen molar-refractivity contribution in [1.29, 1.82) is 0 Å². The van der Waals surface area contributed by atoms with Gasteiger partial charge in [-0.2, -0.15) is 0 Å². The number of esters is 1. The number of aliphatic hydroxyl groups excluding tert-OH is 7. The van der Waals surface area contributed by atoms with Crippen LogP contribution in [0.1, 0.15) is 581 Å². The van der Waals surface area contributed by atoms with Gasteiger partial charge in [0.15, 0.2) is 25.4 Å². The summed E-state index contributed by atoms with van der Waals surface area (Å²) in [6.45, 7) is 14.8. The van der Waals surface area contributed by atoms with E-state index in [0.29, 0.717) is 43.4 Å². The number of halogens is 2. The number of ether oxygens (including phenoxy) is 6. The fourth-order valence-electron chi connectivity index (χ4n) is 22.6. The van der Waals surface area contributed by atoms with Crippen LogP contribution in [0.2, 0.25) is 0 Å². The van der Waals surface area contributed by atoms with Crippen molar-refractivity contribution in [2.24, 2.45) is 17.2 Å². The van der Waals surface area contributed by atoms with Crippen LogP contribution in [0.15, 0.2) is 0 Å². The predicted molar refractivity (Wildman–Crippen MR) is 568 cm³/mol. The molecular formula is C116H233Br2N5O15. The molecule has 3 fully saturated rings. The first-order valence-electron chi connectivity index (χ1n) is 60.2. The molecule has 22 heteroatoms. The Bertz CT molecular complexity index is 2450. The zero-order chi connectivity index (χ0) is 98.8. The van der Waals surface area contributed by atoms with E-state index < -0.39 is 117 Å². The molecule has 3 rings (SSSR count). The van der Waals surface area contributed by atoms with Crippen LogP contribution in [-0.2, 0) is 33.2 Å². The van der Waals surface area contributed by atoms with Crippen LogP contribution in [0.3, 0.4) is 0 Å². The minimum absolute atomic E-state index is 0. The molecule has 0 aromatic rings. The molecule has 20 nitrogen and oxygen atoms in total. The van der Waals surface area contributed by atoms with Gasteiger partial charge < -0.3 is 120 Å². The Balaban J connectivity index is 0.0000476. The number of unbranched alkanes of at least 4 members (excludes halogenated alkanes) is 78. The number of carbonyl (C=O) groups is 1. The topological polar surface area (TPSA) is 312 Å². The Morgan fingerprint density at radius 2 is 0.500 bits per heavy atom. The molecule has 3 aliphatic rings. The average molecular weight is 2100 g/mol. The number of quaternary nitrogens is 2. The Kier molecular flexibility index (Phi) is 90.2. The van der Waals surface area contributed by atoms with E-state index in [2.05, 4.69) is 41.5 Å². The third-order valence-corrected chi connectivity index (χ3v) is 31.8. The predicted octanol–water partition coefficient (Wildman–Crippen LogP) is 21.1. The van der Waals surface area contributed by atoms with Crippen molar-refractivity contribution in [2.45, 2.75) is 672 Å². The van der Waals surface area contributed by atoms with Gasteiger partial charge in [0.2, 0.25) is 0 Å². The zero-order valence-electron chi connectivity index (χ0n) is 91.3. The van der Waals surface area contributed by atoms with E-state index in [4.69, 9.17) is 45.6 Å². The first-order chi connectivity index (χ1) is 66.4. The van der Waals surface area contributed by atoms with Crippen molar-refractivity contribution in [2.75, 3.05) is 65.6 Å². The molecule has 0 aromatic heterocycles. The van der Waals surface area contributed by atoms with E-state index >= 15 is 4.79 Å². The van der Waals surface area contributed by atoms with Crippen molar-refractivity contribution < 1.29 is 117 Å². The second-order valence-corrected chi connectivity index (χ2v) is 44.0. The summed E-state index contributed by atoms with van der Waals surface area (Å²) < 4.78 is 40.3. The first kappa shape index (κ1) is 136. The van der Waals surface area contributed by atoms with Crippen molar-refractivity contribution >= 4 is 5.97 Å². The Labute approximate surface area is 872 Å². The highest BCUT2D eigenvalue weighted by Gasteiger charge is 2.76. The largest absolute Gasteiger partial charge is 1.00 e. The van der Waals surface area contributed by atoms with Crippen molar-refractivity contribution in [3.8, 4) is 0 Å². The number of hydrogen-bond acceptors (Lipinski definition) is 18. The molecule has 3 heterocycles. The minimum atomic E-state index is -2.98. The van der Waals surface area contributed by atoms with Crippen LogP contribution >= 0.6 is 0 Å². The molecule has 0 aliphatic carbocycles. The Morgan fingerprint density at radius 1 is 0.290 bits per heavy atom. The highest BCUT2D eigenvalue weighted by atomic mass is 79.9. The van der Waals surface area contributed by atoms with Crippen LogP contribution in [0, 0.1) is 0 Å². The maximum Gasteiger partial charge on any atom is 0.364 e. The molecule has 0 radical (unpaired) electrons. The second kappa shape index (κ2) is 91.7. The van der Waals surface area contributed by atoms with Crippen LogP contribution in [0.4, 0.5) is 0 Å². The van der Waals surface area contributed by atoms with E-state index in [1.54, 1.807) is 0 Å². The van der Waals surface area contributed by atoms with Gasteiger partial charge in [-0.05, 0) is 77.0 Å². The Hall–Kier alpha value is -0.290. The fraction of sp³-hybridized carbons (Fsp3) is 0.991. The van der Waals surface area contributed by atoms with Crippen LogP contribution in [0.25, 0.3) is 0 Å². The Morgan fingerprint density at radius 3 is 0.732 bits per heavy atom. The van der Waals surface area contributed by atoms with Gasteiger partial charge in [0.25, 0.3) is 5.72 Å². The van der Waals surface area contributed by atoms with Crippen molar-refractivity contribution in [3.05, 3.63) is 0 Å². The monoisotopic (exact) mass is 2090 g/mol. The smallest absolute Gasteiger partial charge is 0.364 e. The highest BCUT2D eigenvalue weighted by Crippen LogP contribution is 2.48. The lowest BCUT2D eigenvalue weighted by Gasteiger charge is -2.61. The van der Waals surface area contributed by atoms with Crippen molar-refractivity contribution in [3.63, 3.8) is 0 Å². The summed E-state index contributed by atoms with van der Waals surface area (Å²) in [5, 5.41) is 98.5. The average Bonchev–Trinajstić information content (AvgIpc) is 0.696. The maximum absolute atomic E-state index is 16.6. The molecule has 2 unspecified atom stereocenters. The summed E-state index contributed by atoms with van der Waals surface area (Å²) in [5.74, 6) is -3.65. The molecule has 0 spiro atoms. The molecule has 0 saturated carbocycles. The third kappa shape index (κ3) is 59.3. The maximum atomic E-state index is 16.6. The first-order valence-corrected chi connectivity index (χ1v) is 60.2. The lowest BCUT2D eigenvalue weighted by atomic mass is 9.83. The normalized spacial score (nSPS) is 23.1. The summed E-state index contributed by atoms with van der Waals surface area (Å²) in [7, 11) is 0. The quantitative estimate of drug-likeness (QED) is 0.0117. The SMILES string of the molecule is CCCCCCCCCCCCCCCC[N+](CCCCCCCCCCCCCCCC)(CCCCCCCCCCCCCCCC)CC(=O)O[C@@]1(O)[C@H](O)[C@@H](N)[C@@H](OC2[C@@H](CO)O[C@@H](OC3[C@@H](CO)O[C@@H](O)[C@H](N)[C@H]3O)[C@H](N)[C@H]2O)O[C@@]1(CO)[N+](CCCCCCCCCCCCCCCC)(CCCCCCCCCCCCCCCC)CCCCCCCCCCCCCCCC.[Br-].[Br-]. The van der Waals surface area contributed by atoms with Gasteiger partial charge in [-0.3, -0.25) is 9.22 Å². The molecule has 826 valence electrons. The number of nitrogens with two attached hydrogens (primary N) is 3. The lowest BCUT2D eigenvalue weighted by molar-refractivity contribution is -1.02. The zero-order valence-corrected chi connectivity index (χ0v) is 94.5. The van der Waals surface area contributed by atoms with Gasteiger partial charge in [0.1, 0.15) is 49.3 Å². The summed E-state index contributed by atoms with van der Waals surface area (Å²) >= 11 is 0.